The number of fused-ring (bicyclic) bond motifs is 1. The maximum absolute atomic E-state index is 15.0. The number of benzene rings is 2. The zero-order valence-electron chi connectivity index (χ0n) is 23.9. The average Bonchev–Trinajstić information content (AvgIpc) is 3.62. The summed E-state index contributed by atoms with van der Waals surface area (Å²) in [6, 6.07) is 9.96. The van der Waals surface area contributed by atoms with Gasteiger partial charge < -0.3 is 49.5 Å². The van der Waals surface area contributed by atoms with E-state index < -0.39 is 66.8 Å². The van der Waals surface area contributed by atoms with Crippen molar-refractivity contribution < 1.29 is 53.4 Å². The van der Waals surface area contributed by atoms with Crippen molar-refractivity contribution in [2.24, 2.45) is 5.16 Å². The number of oxime groups is 1. The minimum absolute atomic E-state index is 0.0680. The van der Waals surface area contributed by atoms with Crippen LogP contribution >= 0.6 is 11.6 Å². The second kappa shape index (κ2) is 13.9. The number of halogens is 2. The normalized spacial score (nSPS) is 32.3. The summed E-state index contributed by atoms with van der Waals surface area (Å²) < 4.78 is 36.9. The van der Waals surface area contributed by atoms with Crippen molar-refractivity contribution >= 4 is 29.3 Å². The molecule has 9 atom stereocenters. The Labute approximate surface area is 257 Å². The fourth-order valence-corrected chi connectivity index (χ4v) is 5.56. The summed E-state index contributed by atoms with van der Waals surface area (Å²) in [4.78, 5) is 18.2. The predicted octanol–water partition coefficient (Wildman–Crippen LogP) is 1.65. The molecule has 0 aromatic heterocycles. The highest BCUT2D eigenvalue weighted by Crippen LogP contribution is 2.31. The standard InChI is InChI=1S/C30H34ClFN2O10/c1-14(30(39)33-23-24(36)26(38)29-28(25(23)37)40-13-41-29)8-16-6-7-21(19(32)10-16)43-22-11-20(35)27(44-22)15(2)34-42-12-17-4-3-5-18(31)9-17/h3-10,20,22-29,35-38H,11-13H2,1-2H3,(H,33,39)/b14-8+,34-15+/t20-,22-,23-,24+,25-,26-,27-,28+,29-/m1/s1. The Kier molecular flexibility index (Phi) is 10.2. The largest absolute Gasteiger partial charge is 0.462 e. The number of aliphatic hydroxyl groups excluding tert-OH is 4. The third-order valence-corrected chi connectivity index (χ3v) is 7.91. The average molecular weight is 637 g/mol. The molecule has 44 heavy (non-hydrogen) atoms. The van der Waals surface area contributed by atoms with Gasteiger partial charge in [-0.15, -0.1) is 0 Å². The zero-order chi connectivity index (χ0) is 31.5. The molecular formula is C30H34ClFN2O10. The zero-order valence-corrected chi connectivity index (χ0v) is 24.6. The molecule has 2 aromatic rings. The van der Waals surface area contributed by atoms with Gasteiger partial charge in [0.2, 0.25) is 12.2 Å². The van der Waals surface area contributed by atoms with Gasteiger partial charge in [0.05, 0.1) is 17.9 Å². The van der Waals surface area contributed by atoms with E-state index in [1.807, 2.05) is 6.07 Å². The lowest BCUT2D eigenvalue weighted by atomic mass is 9.83. The lowest BCUT2D eigenvalue weighted by Crippen LogP contribution is -2.67. The van der Waals surface area contributed by atoms with E-state index in [1.165, 1.54) is 25.1 Å². The highest BCUT2D eigenvalue weighted by Gasteiger charge is 2.53. The summed E-state index contributed by atoms with van der Waals surface area (Å²) in [6.07, 6.45) is -7.24. The number of nitrogens with one attached hydrogen (secondary N) is 1. The number of hydrogen-bond donors (Lipinski definition) is 5. The van der Waals surface area contributed by atoms with Crippen molar-refractivity contribution in [2.75, 3.05) is 6.79 Å². The number of amides is 1. The number of carbonyl (C=O) groups excluding carboxylic acids is 1. The summed E-state index contributed by atoms with van der Waals surface area (Å²) in [7, 11) is 0. The number of aliphatic hydroxyl groups is 4. The van der Waals surface area contributed by atoms with Crippen LogP contribution in [0.3, 0.4) is 0 Å². The maximum atomic E-state index is 15.0. The van der Waals surface area contributed by atoms with Crippen LogP contribution in [-0.4, -0.2) is 93.9 Å². The van der Waals surface area contributed by atoms with Gasteiger partial charge in [0.25, 0.3) is 0 Å². The van der Waals surface area contributed by atoms with Gasteiger partial charge in [-0.2, -0.15) is 0 Å². The van der Waals surface area contributed by atoms with Crippen molar-refractivity contribution in [1.82, 2.24) is 5.32 Å². The van der Waals surface area contributed by atoms with E-state index in [0.717, 1.165) is 11.6 Å². The number of ether oxygens (including phenoxy) is 4. The third kappa shape index (κ3) is 7.22. The van der Waals surface area contributed by atoms with E-state index in [9.17, 15) is 29.6 Å². The van der Waals surface area contributed by atoms with E-state index in [4.69, 9.17) is 35.4 Å². The van der Waals surface area contributed by atoms with E-state index in [1.54, 1.807) is 25.1 Å². The van der Waals surface area contributed by atoms with E-state index in [-0.39, 0.29) is 31.1 Å². The molecular weight excluding hydrogens is 603 g/mol. The van der Waals surface area contributed by atoms with Crippen LogP contribution in [0.4, 0.5) is 4.39 Å². The number of nitrogens with zero attached hydrogens (tertiary/aromatic N) is 1. The molecule has 3 aliphatic rings. The van der Waals surface area contributed by atoms with Gasteiger partial charge in [-0.25, -0.2) is 4.39 Å². The quantitative estimate of drug-likeness (QED) is 0.155. The third-order valence-electron chi connectivity index (χ3n) is 7.68. The smallest absolute Gasteiger partial charge is 0.247 e. The fraction of sp³-hybridized carbons (Fsp3) is 0.467. The molecule has 1 aliphatic carbocycles. The molecule has 0 spiro atoms. The van der Waals surface area contributed by atoms with Crippen LogP contribution in [0.5, 0.6) is 5.75 Å². The first-order chi connectivity index (χ1) is 21.0. The Morgan fingerprint density at radius 1 is 1.09 bits per heavy atom. The first-order valence-corrected chi connectivity index (χ1v) is 14.4. The van der Waals surface area contributed by atoms with E-state index in [2.05, 4.69) is 10.5 Å². The summed E-state index contributed by atoms with van der Waals surface area (Å²) in [5, 5.41) is 48.9. The summed E-state index contributed by atoms with van der Waals surface area (Å²) in [5.74, 6) is -1.49. The van der Waals surface area contributed by atoms with Gasteiger partial charge in [-0.3, -0.25) is 4.79 Å². The SMILES string of the molecule is C/C(=C\c1ccc(O[C@H]2C[C@@H](O)[C@@H](/C(C)=N/OCc3cccc(Cl)c3)O2)c(F)c1)C(=O)N[C@@H]1[C@H](O)[C@@H](O)[C@H]2OCO[C@H]2[C@@H]1O. The Morgan fingerprint density at radius 3 is 2.57 bits per heavy atom. The lowest BCUT2D eigenvalue weighted by Gasteiger charge is -2.41. The van der Waals surface area contributed by atoms with Gasteiger partial charge in [0.1, 0.15) is 50.0 Å². The van der Waals surface area contributed by atoms with Crippen LogP contribution in [0.25, 0.3) is 6.08 Å². The van der Waals surface area contributed by atoms with Crippen LogP contribution < -0.4 is 10.1 Å². The molecule has 2 saturated heterocycles. The van der Waals surface area contributed by atoms with Crippen LogP contribution in [0.2, 0.25) is 5.02 Å². The molecule has 1 saturated carbocycles. The molecule has 5 N–H and O–H groups in total. The number of carbonyl (C=O) groups is 1. The van der Waals surface area contributed by atoms with E-state index >= 15 is 0 Å². The van der Waals surface area contributed by atoms with Crippen molar-refractivity contribution in [1.29, 1.82) is 0 Å². The second-order valence-electron chi connectivity index (χ2n) is 10.9. The predicted molar refractivity (Wildman–Crippen MR) is 154 cm³/mol. The first kappa shape index (κ1) is 32.3. The lowest BCUT2D eigenvalue weighted by molar-refractivity contribution is -0.155. The maximum Gasteiger partial charge on any atom is 0.247 e. The molecule has 2 aromatic carbocycles. The van der Waals surface area contributed by atoms with Gasteiger partial charge >= 0.3 is 0 Å². The van der Waals surface area contributed by atoms with Crippen molar-refractivity contribution in [3.05, 3.63) is 70.0 Å². The molecule has 1 amide bonds. The summed E-state index contributed by atoms with van der Waals surface area (Å²) in [6.45, 7) is 3.14. The molecule has 238 valence electrons. The highest BCUT2D eigenvalue weighted by atomic mass is 35.5. The van der Waals surface area contributed by atoms with E-state index in [0.29, 0.717) is 16.3 Å². The first-order valence-electron chi connectivity index (χ1n) is 14.0. The molecule has 3 fully saturated rings. The molecule has 12 nitrogen and oxygen atoms in total. The van der Waals surface area contributed by atoms with Crippen LogP contribution in [0.15, 0.2) is 53.2 Å². The minimum Gasteiger partial charge on any atom is -0.462 e. The summed E-state index contributed by atoms with van der Waals surface area (Å²) >= 11 is 5.97. The fourth-order valence-electron chi connectivity index (χ4n) is 5.35. The topological polar surface area (TPSA) is 169 Å². The molecule has 5 rings (SSSR count). The van der Waals surface area contributed by atoms with Crippen molar-refractivity contribution in [2.45, 2.75) is 81.9 Å². The summed E-state index contributed by atoms with van der Waals surface area (Å²) in [5.41, 5.74) is 1.69. The highest BCUT2D eigenvalue weighted by molar-refractivity contribution is 6.30. The number of hydrogen-bond acceptors (Lipinski definition) is 11. The molecule has 2 aliphatic heterocycles. The van der Waals surface area contributed by atoms with Crippen molar-refractivity contribution in [3.63, 3.8) is 0 Å². The Morgan fingerprint density at radius 2 is 1.84 bits per heavy atom. The van der Waals surface area contributed by atoms with Gasteiger partial charge in [0, 0.05) is 17.0 Å². The molecule has 0 bridgehead atoms. The molecule has 0 unspecified atom stereocenters. The Hall–Kier alpha value is -3.14. The van der Waals surface area contributed by atoms with Gasteiger partial charge in [-0.1, -0.05) is 35.0 Å². The van der Waals surface area contributed by atoms with Crippen LogP contribution in [0, 0.1) is 5.82 Å². The minimum atomic E-state index is -1.49. The van der Waals surface area contributed by atoms with Crippen LogP contribution in [-0.2, 0) is 30.4 Å². The van der Waals surface area contributed by atoms with Crippen LogP contribution in [0.1, 0.15) is 31.4 Å². The Bertz CT molecular complexity index is 1410. The molecule has 2 heterocycles. The molecule has 14 heteroatoms. The monoisotopic (exact) mass is 636 g/mol. The van der Waals surface area contributed by atoms with Crippen molar-refractivity contribution in [3.8, 4) is 5.75 Å². The Balaban J connectivity index is 1.15. The second-order valence-corrected chi connectivity index (χ2v) is 11.3. The number of rotatable bonds is 9. The molecule has 0 radical (unpaired) electrons. The van der Waals surface area contributed by atoms with Gasteiger partial charge in [-0.05, 0) is 55.3 Å². The van der Waals surface area contributed by atoms with Gasteiger partial charge in [0.15, 0.2) is 11.6 Å².